The third-order valence-corrected chi connectivity index (χ3v) is 31.3. The van der Waals surface area contributed by atoms with E-state index in [4.69, 9.17) is 43.0 Å². The second kappa shape index (κ2) is 15.4. The van der Waals surface area contributed by atoms with Crippen molar-refractivity contribution in [1.82, 2.24) is 0 Å². The molecule has 0 radical (unpaired) electrons. The summed E-state index contributed by atoms with van der Waals surface area (Å²) in [6, 6.07) is 5.19. The van der Waals surface area contributed by atoms with Gasteiger partial charge in [-0.3, -0.25) is 0 Å². The average Bonchev–Trinajstić information content (AvgIpc) is 2.82. The molecule has 0 amide bonds. The molecule has 222 valence electrons. The van der Waals surface area contributed by atoms with Crippen LogP contribution in [0.5, 0.6) is 0 Å². The van der Waals surface area contributed by atoms with E-state index in [1.54, 1.807) is 42.7 Å². The van der Waals surface area contributed by atoms with Gasteiger partial charge in [-0.25, -0.2) is 0 Å². The molecule has 0 aliphatic carbocycles. The molecule has 10 nitrogen and oxygen atoms in total. The Morgan fingerprint density at radius 2 is 0.811 bits per heavy atom. The van der Waals surface area contributed by atoms with E-state index >= 15 is 0 Å². The van der Waals surface area contributed by atoms with Gasteiger partial charge in [-0.15, -0.1) is 0 Å². The highest BCUT2D eigenvalue weighted by Gasteiger charge is 2.55. The molecule has 0 aromatic rings. The van der Waals surface area contributed by atoms with Gasteiger partial charge in [-0.05, 0) is 63.7 Å². The van der Waals surface area contributed by atoms with Crippen molar-refractivity contribution in [2.24, 2.45) is 0 Å². The fourth-order valence-corrected chi connectivity index (χ4v) is 33.3. The maximum absolute atomic E-state index is 7.13. The van der Waals surface area contributed by atoms with Crippen molar-refractivity contribution in [3.63, 3.8) is 0 Å². The van der Waals surface area contributed by atoms with Crippen molar-refractivity contribution in [3.8, 4) is 0 Å². The van der Waals surface area contributed by atoms with Crippen LogP contribution in [0.4, 0.5) is 0 Å². The zero-order valence-electron chi connectivity index (χ0n) is 25.4. The molecule has 1 heterocycles. The zero-order chi connectivity index (χ0) is 28.4. The molecule has 0 N–H and O–H groups in total. The lowest BCUT2D eigenvalue weighted by molar-refractivity contribution is 0.123. The fourth-order valence-electron chi connectivity index (χ4n) is 5.21. The van der Waals surface area contributed by atoms with Crippen LogP contribution in [0.1, 0.15) is 19.3 Å². The molecule has 1 saturated heterocycles. The van der Waals surface area contributed by atoms with Crippen molar-refractivity contribution in [3.05, 3.63) is 0 Å². The van der Waals surface area contributed by atoms with Gasteiger partial charge in [-0.2, -0.15) is 0 Å². The predicted octanol–water partition coefficient (Wildman–Crippen LogP) is 3.69. The quantitative estimate of drug-likeness (QED) is 0.217. The van der Waals surface area contributed by atoms with E-state index in [9.17, 15) is 0 Å². The molecule has 0 aromatic carbocycles. The minimum atomic E-state index is -2.68. The first-order valence-corrected chi connectivity index (χ1v) is 28.9. The highest BCUT2D eigenvalue weighted by Crippen LogP contribution is 2.38. The summed E-state index contributed by atoms with van der Waals surface area (Å²) in [5, 5.41) is 0. The first-order valence-electron chi connectivity index (χ1n) is 13.3. The normalized spacial score (nSPS) is 29.3. The molecule has 1 aliphatic rings. The highest BCUT2D eigenvalue weighted by atomic mass is 28.5. The largest absolute Gasteiger partial charge is 0.500 e. The van der Waals surface area contributed by atoms with Crippen molar-refractivity contribution in [1.29, 1.82) is 0 Å². The first kappa shape index (κ1) is 36.1. The minimum Gasteiger partial charge on any atom is -0.416 e. The van der Waals surface area contributed by atoms with Crippen LogP contribution >= 0.6 is 0 Å². The molecule has 1 rings (SSSR count). The monoisotopic (exact) mass is 650 g/mol. The van der Waals surface area contributed by atoms with E-state index in [1.165, 1.54) is 16.3 Å². The molecule has 3 unspecified atom stereocenters. The average molecular weight is 651 g/mol. The van der Waals surface area contributed by atoms with Crippen LogP contribution in [-0.2, 0) is 43.0 Å². The SMILES string of the molecule is CO[Si](CCC[Si]1(C)O[Si](C)(C)O[Si](C)(CCC[SiH3])O[Si](C)(CCC[Si](OC)(OC)OC)O1)(OC)OC. The maximum atomic E-state index is 7.13. The molecular weight excluding hydrogens is 597 g/mol. The second-order valence-electron chi connectivity index (χ2n) is 10.6. The Hall–Kier alpha value is 1.12. The Bertz CT molecular complexity index is 657. The van der Waals surface area contributed by atoms with Crippen molar-refractivity contribution >= 4 is 62.1 Å². The van der Waals surface area contributed by atoms with Gasteiger partial charge in [0.1, 0.15) is 0 Å². The van der Waals surface area contributed by atoms with Gasteiger partial charge < -0.3 is 43.0 Å². The third-order valence-electron chi connectivity index (χ3n) is 6.87. The number of hydrogen-bond acceptors (Lipinski definition) is 10. The lowest BCUT2D eigenvalue weighted by Crippen LogP contribution is -2.66. The smallest absolute Gasteiger partial charge is 0.416 e. The predicted molar refractivity (Wildman–Crippen MR) is 163 cm³/mol. The molecular formula is C20H54O10Si7. The van der Waals surface area contributed by atoms with Gasteiger partial charge in [0.2, 0.25) is 0 Å². The van der Waals surface area contributed by atoms with E-state index < -0.39 is 51.9 Å². The summed E-state index contributed by atoms with van der Waals surface area (Å²) < 4.78 is 61.9. The van der Waals surface area contributed by atoms with Crippen LogP contribution in [0.15, 0.2) is 0 Å². The van der Waals surface area contributed by atoms with E-state index in [2.05, 4.69) is 32.7 Å². The molecule has 0 bridgehead atoms. The van der Waals surface area contributed by atoms with Crippen molar-refractivity contribution in [2.45, 2.75) is 88.3 Å². The van der Waals surface area contributed by atoms with Crippen LogP contribution in [0.3, 0.4) is 0 Å². The Kier molecular flexibility index (Phi) is 15.0. The molecule has 3 atom stereocenters. The summed E-state index contributed by atoms with van der Waals surface area (Å²) in [7, 11) is -4.59. The van der Waals surface area contributed by atoms with Crippen molar-refractivity contribution in [2.75, 3.05) is 42.7 Å². The van der Waals surface area contributed by atoms with Gasteiger partial charge in [-0.1, -0.05) is 12.5 Å². The highest BCUT2D eigenvalue weighted by molar-refractivity contribution is 6.93. The van der Waals surface area contributed by atoms with Crippen LogP contribution in [0.2, 0.25) is 69.0 Å². The molecule has 37 heavy (non-hydrogen) atoms. The molecule has 0 saturated carbocycles. The van der Waals surface area contributed by atoms with Crippen LogP contribution < -0.4 is 0 Å². The lowest BCUT2D eigenvalue weighted by atomic mass is 10.6. The summed E-state index contributed by atoms with van der Waals surface area (Å²) in [5.41, 5.74) is 0. The third kappa shape index (κ3) is 11.1. The molecule has 0 spiro atoms. The minimum absolute atomic E-state index is 0.699. The number of rotatable bonds is 17. The fraction of sp³-hybridized carbons (Fsp3) is 1.00. The topological polar surface area (TPSA) is 92.3 Å². The van der Waals surface area contributed by atoms with E-state index in [0.29, 0.717) is 12.1 Å². The summed E-state index contributed by atoms with van der Waals surface area (Å²) in [5.74, 6) is 0. The molecule has 1 fully saturated rings. The number of hydrogen-bond donors (Lipinski definition) is 0. The van der Waals surface area contributed by atoms with Crippen LogP contribution in [0, 0.1) is 0 Å². The summed E-state index contributed by atoms with van der Waals surface area (Å²) in [6.45, 7) is 10.8. The Morgan fingerprint density at radius 1 is 0.514 bits per heavy atom. The molecule has 17 heteroatoms. The Morgan fingerprint density at radius 3 is 1.11 bits per heavy atom. The maximum Gasteiger partial charge on any atom is 0.500 e. The molecule has 1 aliphatic heterocycles. The van der Waals surface area contributed by atoms with E-state index in [1.807, 2.05) is 0 Å². The first-order chi connectivity index (χ1) is 17.2. The lowest BCUT2D eigenvalue weighted by Gasteiger charge is -2.49. The Labute approximate surface area is 235 Å². The van der Waals surface area contributed by atoms with Gasteiger partial charge >= 0.3 is 51.9 Å². The van der Waals surface area contributed by atoms with Gasteiger partial charge in [0.05, 0.1) is 0 Å². The second-order valence-corrected chi connectivity index (χ2v) is 32.2. The van der Waals surface area contributed by atoms with Crippen LogP contribution in [-0.4, -0.2) is 105 Å². The van der Waals surface area contributed by atoms with Gasteiger partial charge in [0.25, 0.3) is 0 Å². The molecule has 0 aromatic heterocycles. The Balaban J connectivity index is 3.21. The standard InChI is InChI=1S/C20H54O10Si7/c1-21-36(22-2,23-3)19-13-17-34(10)28-32(7,8)27-33(9,16-12-15-31)29-35(11,30-34)18-14-20-37(24-4,25-5)26-6/h12-20H2,1-11,31H3. The summed E-state index contributed by atoms with van der Waals surface area (Å²) >= 11 is 0. The van der Waals surface area contributed by atoms with Crippen LogP contribution in [0.25, 0.3) is 0 Å². The summed E-state index contributed by atoms with van der Waals surface area (Å²) in [4.78, 5) is 0. The zero-order valence-corrected chi connectivity index (χ0v) is 33.4. The van der Waals surface area contributed by atoms with Crippen molar-refractivity contribution < 1.29 is 43.0 Å². The van der Waals surface area contributed by atoms with E-state index in [0.717, 1.165) is 37.4 Å². The van der Waals surface area contributed by atoms with E-state index in [-0.39, 0.29) is 0 Å². The van der Waals surface area contributed by atoms with Gasteiger partial charge in [0, 0.05) is 65.0 Å². The summed E-state index contributed by atoms with van der Waals surface area (Å²) in [6.07, 6.45) is 2.78. The van der Waals surface area contributed by atoms with Gasteiger partial charge in [0.15, 0.2) is 0 Å².